The maximum atomic E-state index is 12.3. The highest BCUT2D eigenvalue weighted by atomic mass is 16.2. The summed E-state index contributed by atoms with van der Waals surface area (Å²) in [5.74, 6) is -0.172. The van der Waals surface area contributed by atoms with Crippen molar-refractivity contribution in [3.63, 3.8) is 0 Å². The van der Waals surface area contributed by atoms with Crippen LogP contribution in [0.25, 0.3) is 0 Å². The fourth-order valence-electron chi connectivity index (χ4n) is 2.31. The molecule has 0 radical (unpaired) electrons. The Kier molecular flexibility index (Phi) is 3.69. The number of rotatable bonds is 2. The quantitative estimate of drug-likeness (QED) is 0.842. The number of nitrogens with one attached hydrogen (secondary N) is 1. The average Bonchev–Trinajstić information content (AvgIpc) is 2.53. The molecule has 0 spiro atoms. The molecular formula is C13H18N4O2. The molecule has 1 aromatic heterocycles. The molecule has 1 aliphatic rings. The zero-order chi connectivity index (χ0) is 14.0. The number of amides is 3. The van der Waals surface area contributed by atoms with Gasteiger partial charge in [-0.2, -0.15) is 0 Å². The fourth-order valence-corrected chi connectivity index (χ4v) is 2.31. The van der Waals surface area contributed by atoms with Gasteiger partial charge in [-0.25, -0.2) is 4.79 Å². The third-order valence-corrected chi connectivity index (χ3v) is 3.58. The minimum absolute atomic E-state index is 0.0368. The molecule has 3 amide bonds. The number of anilines is 1. The van der Waals surface area contributed by atoms with Crippen LogP contribution in [0.2, 0.25) is 0 Å². The Morgan fingerprint density at radius 3 is 3.05 bits per heavy atom. The smallest absolute Gasteiger partial charge is 0.315 e. The van der Waals surface area contributed by atoms with E-state index < -0.39 is 12.1 Å². The van der Waals surface area contributed by atoms with Crippen molar-refractivity contribution < 1.29 is 9.59 Å². The van der Waals surface area contributed by atoms with Gasteiger partial charge < -0.3 is 16.0 Å². The lowest BCUT2D eigenvalue weighted by atomic mass is 9.97. The number of carbonyl (C=O) groups excluding carboxylic acids is 2. The molecular weight excluding hydrogens is 244 g/mol. The number of carbonyl (C=O) groups is 2. The molecule has 0 bridgehead atoms. The molecule has 0 saturated carbocycles. The van der Waals surface area contributed by atoms with E-state index in [1.807, 2.05) is 13.8 Å². The molecule has 19 heavy (non-hydrogen) atoms. The average molecular weight is 262 g/mol. The van der Waals surface area contributed by atoms with E-state index in [0.717, 1.165) is 12.0 Å². The van der Waals surface area contributed by atoms with Crippen molar-refractivity contribution in [1.29, 1.82) is 0 Å². The number of pyridine rings is 1. The van der Waals surface area contributed by atoms with Gasteiger partial charge in [0, 0.05) is 6.20 Å². The first-order chi connectivity index (χ1) is 9.04. The Morgan fingerprint density at radius 1 is 1.68 bits per heavy atom. The summed E-state index contributed by atoms with van der Waals surface area (Å²) in [6, 6.07) is 0.657. The third-order valence-electron chi connectivity index (χ3n) is 3.58. The Balaban J connectivity index is 2.42. The second kappa shape index (κ2) is 5.26. The SMILES string of the molecule is CC[C@H](C)[C@H]1C(=O)Nc2cnccc2CN1C(N)=O. The number of aromatic nitrogens is 1. The zero-order valence-corrected chi connectivity index (χ0v) is 11.1. The second-order valence-corrected chi connectivity index (χ2v) is 4.82. The van der Waals surface area contributed by atoms with E-state index in [4.69, 9.17) is 5.73 Å². The molecule has 3 N–H and O–H groups in total. The van der Waals surface area contributed by atoms with E-state index in [9.17, 15) is 9.59 Å². The van der Waals surface area contributed by atoms with E-state index in [1.165, 1.54) is 4.90 Å². The van der Waals surface area contributed by atoms with Crippen LogP contribution in [0.3, 0.4) is 0 Å². The van der Waals surface area contributed by atoms with Crippen LogP contribution in [0, 0.1) is 5.92 Å². The Hall–Kier alpha value is -2.11. The third kappa shape index (κ3) is 2.52. The van der Waals surface area contributed by atoms with Gasteiger partial charge in [-0.05, 0) is 17.5 Å². The van der Waals surface area contributed by atoms with Crippen LogP contribution >= 0.6 is 0 Å². The zero-order valence-electron chi connectivity index (χ0n) is 11.1. The standard InChI is InChI=1S/C13H18N4O2/c1-3-8(2)11-12(18)16-10-6-15-5-4-9(10)7-17(11)13(14)19/h4-6,8,11H,3,7H2,1-2H3,(H2,14,19)(H,16,18)/t8-,11-/m0/s1. The summed E-state index contributed by atoms with van der Waals surface area (Å²) in [6.45, 7) is 4.24. The number of hydrogen-bond donors (Lipinski definition) is 2. The monoisotopic (exact) mass is 262 g/mol. The van der Waals surface area contributed by atoms with E-state index in [1.54, 1.807) is 18.5 Å². The second-order valence-electron chi connectivity index (χ2n) is 4.82. The van der Waals surface area contributed by atoms with Crippen LogP contribution in [0.1, 0.15) is 25.8 Å². The van der Waals surface area contributed by atoms with Crippen molar-refractivity contribution in [1.82, 2.24) is 9.88 Å². The number of fused-ring (bicyclic) bond motifs is 1. The van der Waals surface area contributed by atoms with Crippen LogP contribution in [-0.2, 0) is 11.3 Å². The van der Waals surface area contributed by atoms with Crippen molar-refractivity contribution in [2.45, 2.75) is 32.9 Å². The summed E-state index contributed by atoms with van der Waals surface area (Å²) in [4.78, 5) is 29.4. The predicted octanol–water partition coefficient (Wildman–Crippen LogP) is 1.33. The lowest BCUT2D eigenvalue weighted by Gasteiger charge is -2.30. The lowest BCUT2D eigenvalue weighted by molar-refractivity contribution is -0.121. The molecule has 6 heteroatoms. The molecule has 2 atom stereocenters. The molecule has 2 heterocycles. The van der Waals surface area contributed by atoms with Crippen LogP contribution < -0.4 is 11.1 Å². The van der Waals surface area contributed by atoms with Gasteiger partial charge in [-0.15, -0.1) is 0 Å². The van der Waals surface area contributed by atoms with Gasteiger partial charge in [0.1, 0.15) is 6.04 Å². The number of primary amides is 1. The predicted molar refractivity (Wildman–Crippen MR) is 71.2 cm³/mol. The molecule has 1 aliphatic heterocycles. The van der Waals surface area contributed by atoms with E-state index in [2.05, 4.69) is 10.3 Å². The summed E-state index contributed by atoms with van der Waals surface area (Å²) < 4.78 is 0. The summed E-state index contributed by atoms with van der Waals surface area (Å²) in [5.41, 5.74) is 6.91. The highest BCUT2D eigenvalue weighted by Gasteiger charge is 2.35. The molecule has 0 fully saturated rings. The number of nitrogens with two attached hydrogens (primary N) is 1. The molecule has 0 aliphatic carbocycles. The summed E-state index contributed by atoms with van der Waals surface area (Å²) in [7, 11) is 0. The van der Waals surface area contributed by atoms with Gasteiger partial charge in [0.15, 0.2) is 0 Å². The summed E-state index contributed by atoms with van der Waals surface area (Å²) >= 11 is 0. The summed E-state index contributed by atoms with van der Waals surface area (Å²) in [6.07, 6.45) is 4.01. The minimum Gasteiger partial charge on any atom is -0.351 e. The number of urea groups is 1. The first-order valence-electron chi connectivity index (χ1n) is 6.34. The summed E-state index contributed by atoms with van der Waals surface area (Å²) in [5, 5.41) is 2.82. The van der Waals surface area contributed by atoms with Gasteiger partial charge in [-0.3, -0.25) is 9.78 Å². The maximum Gasteiger partial charge on any atom is 0.315 e. The van der Waals surface area contributed by atoms with E-state index >= 15 is 0 Å². The van der Waals surface area contributed by atoms with Crippen molar-refractivity contribution >= 4 is 17.6 Å². The molecule has 1 aromatic rings. The van der Waals surface area contributed by atoms with Gasteiger partial charge in [0.2, 0.25) is 5.91 Å². The van der Waals surface area contributed by atoms with Crippen LogP contribution in [0.15, 0.2) is 18.5 Å². The van der Waals surface area contributed by atoms with E-state index in [0.29, 0.717) is 12.2 Å². The highest BCUT2D eigenvalue weighted by Crippen LogP contribution is 2.26. The number of hydrogen-bond acceptors (Lipinski definition) is 3. The van der Waals surface area contributed by atoms with Crippen molar-refractivity contribution in [2.75, 3.05) is 5.32 Å². The van der Waals surface area contributed by atoms with Crippen molar-refractivity contribution in [2.24, 2.45) is 11.7 Å². The number of nitrogens with zero attached hydrogens (tertiary/aromatic N) is 2. The topological polar surface area (TPSA) is 88.3 Å². The maximum absolute atomic E-state index is 12.3. The van der Waals surface area contributed by atoms with Gasteiger partial charge >= 0.3 is 6.03 Å². The Bertz CT molecular complexity index is 503. The normalized spacial score (nSPS) is 20.2. The van der Waals surface area contributed by atoms with Gasteiger partial charge in [0.05, 0.1) is 18.4 Å². The van der Waals surface area contributed by atoms with Gasteiger partial charge in [0.25, 0.3) is 0 Å². The lowest BCUT2D eigenvalue weighted by Crippen LogP contribution is -2.50. The van der Waals surface area contributed by atoms with Crippen molar-refractivity contribution in [3.05, 3.63) is 24.0 Å². The van der Waals surface area contributed by atoms with Gasteiger partial charge in [-0.1, -0.05) is 20.3 Å². The van der Waals surface area contributed by atoms with E-state index in [-0.39, 0.29) is 11.8 Å². The van der Waals surface area contributed by atoms with Crippen LogP contribution in [-0.4, -0.2) is 27.9 Å². The Morgan fingerprint density at radius 2 is 2.42 bits per heavy atom. The highest BCUT2D eigenvalue weighted by molar-refractivity contribution is 5.98. The van der Waals surface area contributed by atoms with Crippen LogP contribution in [0.5, 0.6) is 0 Å². The first kappa shape index (κ1) is 13.3. The molecule has 2 rings (SSSR count). The fraction of sp³-hybridized carbons (Fsp3) is 0.462. The molecule has 0 saturated heterocycles. The molecule has 0 unspecified atom stereocenters. The molecule has 6 nitrogen and oxygen atoms in total. The minimum atomic E-state index is -0.579. The molecule has 102 valence electrons. The molecule has 0 aromatic carbocycles. The largest absolute Gasteiger partial charge is 0.351 e. The first-order valence-corrected chi connectivity index (χ1v) is 6.34. The van der Waals surface area contributed by atoms with Crippen molar-refractivity contribution in [3.8, 4) is 0 Å². The Labute approximate surface area is 112 Å². The van der Waals surface area contributed by atoms with Crippen LogP contribution in [0.4, 0.5) is 10.5 Å².